The predicted molar refractivity (Wildman–Crippen MR) is 99.8 cm³/mol. The number of benzene rings is 1. The van der Waals surface area contributed by atoms with Crippen LogP contribution in [-0.4, -0.2) is 75.4 Å². The molecule has 3 N–H and O–H groups in total. The lowest BCUT2D eigenvalue weighted by atomic mass is 9.87. The number of aliphatic hydroxyl groups is 3. The molecule has 0 amide bonds. The van der Waals surface area contributed by atoms with E-state index in [1.807, 2.05) is 0 Å². The summed E-state index contributed by atoms with van der Waals surface area (Å²) in [6, 6.07) is -0.945. The SMILES string of the molecule is CC(C)(C)N(CC(O)COc1cccc2c1CC(O)C(O)C2)C(F)(F)C(F)(F)C(F)(F)F. The van der Waals surface area contributed by atoms with E-state index in [2.05, 4.69) is 0 Å². The average Bonchev–Trinajstić information content (AvgIpc) is 2.63. The second-order valence-corrected chi connectivity index (χ2v) is 8.80. The van der Waals surface area contributed by atoms with Gasteiger partial charge in [-0.2, -0.15) is 30.7 Å². The number of alkyl halides is 7. The third kappa shape index (κ3) is 5.29. The number of rotatable bonds is 7. The van der Waals surface area contributed by atoms with Crippen molar-refractivity contribution in [1.29, 1.82) is 0 Å². The van der Waals surface area contributed by atoms with E-state index in [0.717, 1.165) is 20.8 Å². The van der Waals surface area contributed by atoms with E-state index in [0.29, 0.717) is 11.1 Å². The van der Waals surface area contributed by atoms with Gasteiger partial charge in [0.05, 0.1) is 12.2 Å². The minimum atomic E-state index is -6.50. The van der Waals surface area contributed by atoms with Gasteiger partial charge in [-0.25, -0.2) is 4.90 Å². The quantitative estimate of drug-likeness (QED) is 0.416. The topological polar surface area (TPSA) is 73.2 Å². The molecule has 3 unspecified atom stereocenters. The van der Waals surface area contributed by atoms with Crippen LogP contribution >= 0.6 is 0 Å². The molecule has 2 rings (SSSR count). The number of β-amino-alcohol motifs (C(OH)–C–C–N with tert-alkyl or cyclic N) is 1. The Bertz CT molecular complexity index is 795. The van der Waals surface area contributed by atoms with Gasteiger partial charge >= 0.3 is 18.1 Å². The molecule has 0 saturated heterocycles. The fourth-order valence-electron chi connectivity index (χ4n) is 3.47. The summed E-state index contributed by atoms with van der Waals surface area (Å²) in [5, 5.41) is 29.8. The second-order valence-electron chi connectivity index (χ2n) is 8.80. The summed E-state index contributed by atoms with van der Waals surface area (Å²) in [6.07, 6.45) is -10.3. The van der Waals surface area contributed by atoms with Crippen LogP contribution in [0, 0.1) is 0 Å². The first-order valence-corrected chi connectivity index (χ1v) is 9.77. The van der Waals surface area contributed by atoms with Gasteiger partial charge in [-0.05, 0) is 32.4 Å². The van der Waals surface area contributed by atoms with Crippen molar-refractivity contribution in [1.82, 2.24) is 4.90 Å². The fraction of sp³-hybridized carbons (Fsp3) is 0.700. The van der Waals surface area contributed by atoms with Crippen LogP contribution in [0.2, 0.25) is 0 Å². The van der Waals surface area contributed by atoms with Gasteiger partial charge in [0.1, 0.15) is 18.5 Å². The molecule has 1 aromatic carbocycles. The Labute approximate surface area is 180 Å². The molecular weight excluding hydrogens is 451 g/mol. The van der Waals surface area contributed by atoms with Crippen LogP contribution < -0.4 is 4.74 Å². The zero-order chi connectivity index (χ0) is 24.7. The minimum absolute atomic E-state index is 0.0206. The monoisotopic (exact) mass is 477 g/mol. The first-order chi connectivity index (χ1) is 14.4. The zero-order valence-electron chi connectivity index (χ0n) is 17.6. The fourth-order valence-corrected chi connectivity index (χ4v) is 3.47. The normalized spacial score (nSPS) is 21.4. The molecule has 32 heavy (non-hydrogen) atoms. The lowest BCUT2D eigenvalue weighted by Gasteiger charge is -2.44. The van der Waals surface area contributed by atoms with E-state index in [4.69, 9.17) is 4.74 Å². The van der Waals surface area contributed by atoms with Crippen LogP contribution in [0.1, 0.15) is 31.9 Å². The summed E-state index contributed by atoms with van der Waals surface area (Å²) in [7, 11) is 0. The molecule has 0 saturated carbocycles. The number of hydrogen-bond donors (Lipinski definition) is 3. The Morgan fingerprint density at radius 1 is 1.00 bits per heavy atom. The molecule has 0 bridgehead atoms. The summed E-state index contributed by atoms with van der Waals surface area (Å²) < 4.78 is 99.1. The molecule has 1 aliphatic carbocycles. The highest BCUT2D eigenvalue weighted by Crippen LogP contribution is 2.49. The lowest BCUT2D eigenvalue weighted by molar-refractivity contribution is -0.398. The standard InChI is InChI=1S/C20H26F7NO4/c1-17(2,3)28(20(26,27)18(21,22)19(23,24)25)9-12(29)10-32-16-6-4-5-11-7-14(30)15(31)8-13(11)16/h4-6,12,14-15,29-31H,7-10H2,1-3H3. The third-order valence-corrected chi connectivity index (χ3v) is 5.22. The van der Waals surface area contributed by atoms with E-state index >= 15 is 0 Å². The van der Waals surface area contributed by atoms with Crippen molar-refractivity contribution < 1.29 is 50.8 Å². The Morgan fingerprint density at radius 3 is 2.09 bits per heavy atom. The van der Waals surface area contributed by atoms with Crippen molar-refractivity contribution in [2.75, 3.05) is 13.2 Å². The Kier molecular flexibility index (Phi) is 7.45. The molecule has 5 nitrogen and oxygen atoms in total. The summed E-state index contributed by atoms with van der Waals surface area (Å²) in [6.45, 7) is 1.12. The zero-order valence-corrected chi connectivity index (χ0v) is 17.6. The molecule has 0 fully saturated rings. The Morgan fingerprint density at radius 2 is 1.56 bits per heavy atom. The van der Waals surface area contributed by atoms with Crippen molar-refractivity contribution in [3.63, 3.8) is 0 Å². The van der Waals surface area contributed by atoms with Crippen molar-refractivity contribution >= 4 is 0 Å². The molecule has 1 aliphatic rings. The van der Waals surface area contributed by atoms with E-state index in [1.165, 1.54) is 6.07 Å². The average molecular weight is 477 g/mol. The summed E-state index contributed by atoms with van der Waals surface area (Å²) in [5.41, 5.74) is -0.702. The molecule has 0 heterocycles. The van der Waals surface area contributed by atoms with Crippen molar-refractivity contribution in [3.8, 4) is 5.75 Å². The van der Waals surface area contributed by atoms with Gasteiger partial charge in [0, 0.05) is 30.5 Å². The number of aliphatic hydroxyl groups excluding tert-OH is 3. The largest absolute Gasteiger partial charge is 0.491 e. The highest BCUT2D eigenvalue weighted by Gasteiger charge is 2.76. The first kappa shape index (κ1) is 26.6. The highest BCUT2D eigenvalue weighted by molar-refractivity contribution is 5.43. The molecule has 0 radical (unpaired) electrons. The van der Waals surface area contributed by atoms with Crippen LogP contribution in [0.25, 0.3) is 0 Å². The smallest absolute Gasteiger partial charge is 0.461 e. The van der Waals surface area contributed by atoms with E-state index in [-0.39, 0.29) is 18.6 Å². The lowest BCUT2D eigenvalue weighted by Crippen LogP contribution is -2.66. The second kappa shape index (κ2) is 8.96. The van der Waals surface area contributed by atoms with Crippen molar-refractivity contribution in [2.45, 2.75) is 75.6 Å². The minimum Gasteiger partial charge on any atom is -0.491 e. The molecular formula is C20H26F7NO4. The van der Waals surface area contributed by atoms with Gasteiger partial charge in [-0.15, -0.1) is 0 Å². The van der Waals surface area contributed by atoms with Gasteiger partial charge in [-0.3, -0.25) is 0 Å². The number of ether oxygens (including phenoxy) is 1. The van der Waals surface area contributed by atoms with Crippen LogP contribution in [0.15, 0.2) is 18.2 Å². The molecule has 0 spiro atoms. The number of nitrogens with zero attached hydrogens (tertiary/aromatic N) is 1. The molecule has 3 atom stereocenters. The van der Waals surface area contributed by atoms with Crippen LogP contribution in [0.4, 0.5) is 30.7 Å². The Hall–Kier alpha value is -1.63. The molecule has 184 valence electrons. The summed E-state index contributed by atoms with van der Waals surface area (Å²) >= 11 is 0. The maximum absolute atomic E-state index is 14.3. The number of hydrogen-bond acceptors (Lipinski definition) is 5. The molecule has 0 aromatic heterocycles. The maximum Gasteiger partial charge on any atom is 0.461 e. The predicted octanol–water partition coefficient (Wildman–Crippen LogP) is 3.14. The van der Waals surface area contributed by atoms with Gasteiger partial charge < -0.3 is 20.1 Å². The van der Waals surface area contributed by atoms with Gasteiger partial charge in [-0.1, -0.05) is 12.1 Å². The van der Waals surface area contributed by atoms with Gasteiger partial charge in [0.25, 0.3) is 0 Å². The van der Waals surface area contributed by atoms with Crippen LogP contribution in [0.5, 0.6) is 5.75 Å². The van der Waals surface area contributed by atoms with E-state index < -0.39 is 60.0 Å². The van der Waals surface area contributed by atoms with Crippen molar-refractivity contribution in [2.24, 2.45) is 0 Å². The van der Waals surface area contributed by atoms with Gasteiger partial charge in [0.2, 0.25) is 0 Å². The molecule has 0 aliphatic heterocycles. The Balaban J connectivity index is 2.18. The first-order valence-electron chi connectivity index (χ1n) is 9.77. The third-order valence-electron chi connectivity index (χ3n) is 5.22. The molecule has 1 aromatic rings. The van der Waals surface area contributed by atoms with Crippen LogP contribution in [-0.2, 0) is 12.8 Å². The van der Waals surface area contributed by atoms with Gasteiger partial charge in [0.15, 0.2) is 0 Å². The number of halogens is 7. The summed E-state index contributed by atoms with van der Waals surface area (Å²) in [4.78, 5) is -0.401. The molecule has 12 heteroatoms. The number of fused-ring (bicyclic) bond motifs is 1. The highest BCUT2D eigenvalue weighted by atomic mass is 19.4. The summed E-state index contributed by atoms with van der Waals surface area (Å²) in [5.74, 6) is -6.19. The van der Waals surface area contributed by atoms with E-state index in [9.17, 15) is 46.1 Å². The maximum atomic E-state index is 14.3. The van der Waals surface area contributed by atoms with Crippen molar-refractivity contribution in [3.05, 3.63) is 29.3 Å². The van der Waals surface area contributed by atoms with E-state index in [1.54, 1.807) is 12.1 Å². The van der Waals surface area contributed by atoms with Crippen LogP contribution in [0.3, 0.4) is 0 Å².